The zero-order valence-corrected chi connectivity index (χ0v) is 10.8. The second kappa shape index (κ2) is 5.46. The van der Waals surface area contributed by atoms with Gasteiger partial charge in [-0.25, -0.2) is 9.21 Å². The fraction of sp³-hybridized carbons (Fsp3) is 0.273. The number of hydrogen-bond donors (Lipinski definition) is 0. The van der Waals surface area contributed by atoms with Crippen molar-refractivity contribution in [3.05, 3.63) is 35.9 Å². The molecule has 5 nitrogen and oxygen atoms in total. The molecule has 1 fully saturated rings. The van der Waals surface area contributed by atoms with E-state index in [1.807, 2.05) is 30.3 Å². The van der Waals surface area contributed by atoms with Crippen LogP contribution in [0, 0.1) is 0 Å². The monoisotopic (exact) mass is 288 g/mol. The maximum absolute atomic E-state index is 11.6. The third kappa shape index (κ3) is 2.68. The van der Waals surface area contributed by atoms with E-state index >= 15 is 0 Å². The zero-order chi connectivity index (χ0) is 13.1. The van der Waals surface area contributed by atoms with Crippen molar-refractivity contribution in [2.45, 2.75) is 12.6 Å². The predicted octanol–water partition coefficient (Wildman–Crippen LogP) is 2.14. The van der Waals surface area contributed by atoms with Crippen LogP contribution in [0.4, 0.5) is 4.79 Å². The highest BCUT2D eigenvalue weighted by Gasteiger charge is 2.43. The van der Waals surface area contributed by atoms with Gasteiger partial charge in [-0.15, -0.1) is 0 Å². The maximum Gasteiger partial charge on any atom is 0.425 e. The Morgan fingerprint density at radius 3 is 2.67 bits per heavy atom. The molecule has 7 heteroatoms. The van der Waals surface area contributed by atoms with Crippen molar-refractivity contribution in [2.24, 2.45) is 0 Å². The molecule has 0 N–H and O–H groups in total. The van der Waals surface area contributed by atoms with Crippen LogP contribution in [0.25, 0.3) is 0 Å². The minimum absolute atomic E-state index is 0.106. The van der Waals surface area contributed by atoms with E-state index in [9.17, 15) is 9.59 Å². The van der Waals surface area contributed by atoms with E-state index in [0.29, 0.717) is 0 Å². The van der Waals surface area contributed by atoms with Crippen molar-refractivity contribution in [1.82, 2.24) is 8.84 Å². The highest BCUT2D eigenvalue weighted by Crippen LogP contribution is 2.21. The molecule has 18 heavy (non-hydrogen) atoms. The molecule has 0 bridgehead atoms. The smallest absolute Gasteiger partial charge is 0.425 e. The SMILES string of the molecule is O=C1C(N(Cl)C(=O)OCc2ccccc2)CN1Cl. The van der Waals surface area contributed by atoms with Gasteiger partial charge < -0.3 is 4.74 Å². The van der Waals surface area contributed by atoms with Gasteiger partial charge in [-0.05, 0) is 5.56 Å². The standard InChI is InChI=1S/C11H10Cl2N2O3/c12-14-6-9(10(14)16)15(13)11(17)18-7-8-4-2-1-3-5-8/h1-5,9H,6-7H2. The first-order chi connectivity index (χ1) is 8.59. The number of rotatable bonds is 3. The number of hydrogen-bond acceptors (Lipinski definition) is 3. The van der Waals surface area contributed by atoms with E-state index in [4.69, 9.17) is 28.3 Å². The van der Waals surface area contributed by atoms with Gasteiger partial charge in [0.05, 0.1) is 6.54 Å². The largest absolute Gasteiger partial charge is 0.444 e. The van der Waals surface area contributed by atoms with Gasteiger partial charge in [0.1, 0.15) is 6.61 Å². The molecular weight excluding hydrogens is 279 g/mol. The van der Waals surface area contributed by atoms with Crippen LogP contribution >= 0.6 is 23.6 Å². The van der Waals surface area contributed by atoms with Crippen molar-refractivity contribution >= 4 is 35.6 Å². The topological polar surface area (TPSA) is 49.9 Å². The van der Waals surface area contributed by atoms with E-state index in [-0.39, 0.29) is 13.2 Å². The Morgan fingerprint density at radius 1 is 1.44 bits per heavy atom. The molecule has 1 atom stereocenters. The van der Waals surface area contributed by atoms with Crippen LogP contribution in [0.3, 0.4) is 0 Å². The number of nitrogens with zero attached hydrogens (tertiary/aromatic N) is 2. The molecule has 0 spiro atoms. The highest BCUT2D eigenvalue weighted by molar-refractivity contribution is 6.27. The summed E-state index contributed by atoms with van der Waals surface area (Å²) in [7, 11) is 0. The quantitative estimate of drug-likeness (QED) is 0.633. The molecule has 0 saturated carbocycles. The average molecular weight is 289 g/mol. The van der Waals surface area contributed by atoms with Crippen molar-refractivity contribution in [2.75, 3.05) is 6.54 Å². The Kier molecular flexibility index (Phi) is 3.93. The summed E-state index contributed by atoms with van der Waals surface area (Å²) in [5.41, 5.74) is 0.842. The summed E-state index contributed by atoms with van der Waals surface area (Å²) in [5, 5.41) is 0. The molecule has 1 unspecified atom stereocenters. The van der Waals surface area contributed by atoms with Crippen molar-refractivity contribution in [1.29, 1.82) is 0 Å². The Balaban J connectivity index is 1.83. The van der Waals surface area contributed by atoms with Gasteiger partial charge >= 0.3 is 6.09 Å². The summed E-state index contributed by atoms with van der Waals surface area (Å²) in [5.74, 6) is -0.414. The van der Waals surface area contributed by atoms with E-state index < -0.39 is 18.0 Å². The van der Waals surface area contributed by atoms with Gasteiger partial charge in [0.15, 0.2) is 6.04 Å². The number of carbonyl (C=O) groups is 2. The molecule has 0 radical (unpaired) electrons. The van der Waals surface area contributed by atoms with Gasteiger partial charge in [-0.1, -0.05) is 30.3 Å². The second-order valence-electron chi connectivity index (χ2n) is 3.75. The minimum atomic E-state index is -0.761. The Bertz CT molecular complexity index is 455. The molecule has 1 aliphatic heterocycles. The number of carbonyl (C=O) groups excluding carboxylic acids is 2. The molecule has 1 heterocycles. The normalized spacial score (nSPS) is 18.2. The predicted molar refractivity (Wildman–Crippen MR) is 65.7 cm³/mol. The Labute approximate surface area is 114 Å². The van der Waals surface area contributed by atoms with Crippen molar-refractivity contribution in [3.63, 3.8) is 0 Å². The van der Waals surface area contributed by atoms with Crippen LogP contribution in [0.15, 0.2) is 30.3 Å². The second-order valence-corrected chi connectivity index (χ2v) is 4.52. The van der Waals surface area contributed by atoms with Gasteiger partial charge in [0.2, 0.25) is 0 Å². The fourth-order valence-electron chi connectivity index (χ4n) is 1.45. The lowest BCUT2D eigenvalue weighted by Gasteiger charge is -2.35. The molecule has 1 aliphatic rings. The number of amides is 2. The summed E-state index contributed by atoms with van der Waals surface area (Å²) in [6.45, 7) is 0.304. The summed E-state index contributed by atoms with van der Waals surface area (Å²) >= 11 is 11.2. The third-order valence-corrected chi connectivity index (χ3v) is 3.19. The number of benzene rings is 1. The van der Waals surface area contributed by atoms with Gasteiger partial charge in [0, 0.05) is 23.6 Å². The zero-order valence-electron chi connectivity index (χ0n) is 9.25. The summed E-state index contributed by atoms with van der Waals surface area (Å²) in [4.78, 5) is 22.8. The van der Waals surface area contributed by atoms with Gasteiger partial charge in [-0.3, -0.25) is 9.21 Å². The fourth-order valence-corrected chi connectivity index (χ4v) is 1.88. The maximum atomic E-state index is 11.6. The van der Waals surface area contributed by atoms with Crippen molar-refractivity contribution in [3.8, 4) is 0 Å². The van der Waals surface area contributed by atoms with Crippen LogP contribution in [0.5, 0.6) is 0 Å². The molecule has 96 valence electrons. The van der Waals surface area contributed by atoms with Crippen LogP contribution in [0.1, 0.15) is 5.56 Å². The highest BCUT2D eigenvalue weighted by atomic mass is 35.5. The third-order valence-electron chi connectivity index (χ3n) is 2.51. The molecule has 2 rings (SSSR count). The van der Waals surface area contributed by atoms with Gasteiger partial charge in [-0.2, -0.15) is 0 Å². The first-order valence-corrected chi connectivity index (χ1v) is 5.90. The van der Waals surface area contributed by atoms with E-state index in [2.05, 4.69) is 0 Å². The molecular formula is C11H10Cl2N2O3. The lowest BCUT2D eigenvalue weighted by Crippen LogP contribution is -2.59. The van der Waals surface area contributed by atoms with Crippen LogP contribution < -0.4 is 0 Å². The van der Waals surface area contributed by atoms with Crippen LogP contribution in [-0.4, -0.2) is 33.4 Å². The number of ether oxygens (including phenoxy) is 1. The van der Waals surface area contributed by atoms with E-state index in [1.54, 1.807) is 0 Å². The van der Waals surface area contributed by atoms with Gasteiger partial charge in [0.25, 0.3) is 5.91 Å². The lowest BCUT2D eigenvalue weighted by molar-refractivity contribution is -0.139. The molecule has 0 aliphatic carbocycles. The number of β-lactam (4-membered cyclic amide) rings is 1. The Hall–Kier alpha value is -1.46. The van der Waals surface area contributed by atoms with Crippen molar-refractivity contribution < 1.29 is 14.3 Å². The first kappa shape index (κ1) is 13.0. The lowest BCUT2D eigenvalue weighted by atomic mass is 10.2. The average Bonchev–Trinajstić information content (AvgIpc) is 2.42. The summed E-state index contributed by atoms with van der Waals surface area (Å²) in [6.07, 6.45) is -0.761. The van der Waals surface area contributed by atoms with E-state index in [0.717, 1.165) is 14.4 Å². The van der Waals surface area contributed by atoms with Crippen LogP contribution in [0.2, 0.25) is 0 Å². The summed E-state index contributed by atoms with van der Waals surface area (Å²) in [6, 6.07) is 8.43. The Morgan fingerprint density at radius 2 is 2.11 bits per heavy atom. The number of halogens is 2. The molecule has 2 amide bonds. The minimum Gasteiger partial charge on any atom is -0.444 e. The molecule has 1 aromatic rings. The molecule has 1 aromatic carbocycles. The van der Waals surface area contributed by atoms with E-state index in [1.165, 1.54) is 0 Å². The summed E-state index contributed by atoms with van der Waals surface area (Å²) < 4.78 is 6.67. The first-order valence-electron chi connectivity index (χ1n) is 5.22. The van der Waals surface area contributed by atoms with Crippen LogP contribution in [-0.2, 0) is 16.1 Å². The molecule has 0 aromatic heterocycles. The molecule has 1 saturated heterocycles.